The van der Waals surface area contributed by atoms with Crippen LogP contribution in [-0.2, 0) is 10.8 Å². The second-order valence-corrected chi connectivity index (χ2v) is 15.6. The van der Waals surface area contributed by atoms with E-state index in [9.17, 15) is 0 Å². The highest BCUT2D eigenvalue weighted by Gasteiger charge is 2.51. The zero-order valence-corrected chi connectivity index (χ0v) is 27.0. The predicted molar refractivity (Wildman–Crippen MR) is 187 cm³/mol. The van der Waals surface area contributed by atoms with E-state index >= 15 is 0 Å². The zero-order valence-electron chi connectivity index (χ0n) is 27.0. The second-order valence-electron chi connectivity index (χ2n) is 15.6. The van der Waals surface area contributed by atoms with Crippen molar-refractivity contribution in [3.05, 3.63) is 107 Å². The third-order valence-corrected chi connectivity index (χ3v) is 10.6. The van der Waals surface area contributed by atoms with Crippen LogP contribution in [0.4, 0.5) is 11.4 Å². The summed E-state index contributed by atoms with van der Waals surface area (Å²) in [5.74, 6) is 0.835. The number of aromatic nitrogens is 1. The first-order chi connectivity index (χ1) is 20.4. The largest absolute Gasteiger partial charge is 0.335 e. The summed E-state index contributed by atoms with van der Waals surface area (Å²) >= 11 is 0. The number of fused-ring (bicyclic) bond motifs is 7. The maximum atomic E-state index is 2.66. The minimum absolute atomic E-state index is 0.0764. The normalized spacial score (nSPS) is 22.2. The molecule has 0 N–H and O–H groups in total. The van der Waals surface area contributed by atoms with Gasteiger partial charge in [0.05, 0.1) is 6.04 Å². The van der Waals surface area contributed by atoms with Crippen LogP contribution in [0, 0.1) is 0 Å². The number of rotatable bonds is 1. The third kappa shape index (κ3) is 3.79. The van der Waals surface area contributed by atoms with Crippen molar-refractivity contribution in [2.45, 2.75) is 90.4 Å². The smallest absolute Gasteiger partial charge is 0.226 e. The van der Waals surface area contributed by atoms with Crippen molar-refractivity contribution < 1.29 is 0 Å². The molecule has 1 aromatic heterocycles. The van der Waals surface area contributed by atoms with Gasteiger partial charge in [-0.05, 0) is 88.1 Å². The average molecular weight is 563 g/mol. The lowest BCUT2D eigenvalue weighted by Gasteiger charge is -2.50. The number of hydrogen-bond acceptors (Lipinski definition) is 1. The van der Waals surface area contributed by atoms with Gasteiger partial charge in [0.25, 0.3) is 0 Å². The Balaban J connectivity index is 1.45. The van der Waals surface area contributed by atoms with Crippen molar-refractivity contribution >= 4 is 51.7 Å². The molecule has 3 heterocycles. The zero-order chi connectivity index (χ0) is 30.0. The van der Waals surface area contributed by atoms with E-state index in [0.29, 0.717) is 18.4 Å². The van der Waals surface area contributed by atoms with Crippen molar-refractivity contribution in [1.82, 2.24) is 4.57 Å². The third-order valence-electron chi connectivity index (χ3n) is 10.6. The van der Waals surface area contributed by atoms with Gasteiger partial charge in [-0.1, -0.05) is 109 Å². The summed E-state index contributed by atoms with van der Waals surface area (Å²) in [5, 5.41) is 1.45. The molecule has 3 heteroatoms. The minimum atomic E-state index is 0.0764. The molecule has 216 valence electrons. The quantitative estimate of drug-likeness (QED) is 0.210. The lowest BCUT2D eigenvalue weighted by molar-refractivity contribution is 0.590. The van der Waals surface area contributed by atoms with Crippen molar-refractivity contribution in [3.63, 3.8) is 0 Å². The van der Waals surface area contributed by atoms with Crippen LogP contribution in [0.25, 0.3) is 22.7 Å². The van der Waals surface area contributed by atoms with Gasteiger partial charge in [-0.25, -0.2) is 0 Å². The number of hydrogen-bond donors (Lipinski definition) is 0. The van der Waals surface area contributed by atoms with Crippen molar-refractivity contribution in [3.8, 4) is 0 Å². The highest BCUT2D eigenvalue weighted by molar-refractivity contribution is 6.91. The Labute approximate surface area is 257 Å². The molecule has 3 aromatic carbocycles. The Hall–Kier alpha value is -3.72. The van der Waals surface area contributed by atoms with E-state index in [1.165, 1.54) is 66.9 Å². The first kappa shape index (κ1) is 26.9. The molecule has 0 fully saturated rings. The standard InChI is InChI=1S/C40H43BN2/c1-24-21-34-37-35(22-24)43-33-14-9-11-25(2)36(33)29-12-10-13-30(38(29)43)41(37)31-23-27(40(6,7)8)17-20-32(31)42(34)28-18-15-26(16-19-28)39(3,4)5/h9-10,12-23,25,34,37H,11H2,1-8H3. The average Bonchev–Trinajstić information content (AvgIpc) is 3.30. The highest BCUT2D eigenvalue weighted by atomic mass is 15.2. The Kier molecular flexibility index (Phi) is 5.57. The van der Waals surface area contributed by atoms with Crippen LogP contribution in [0.5, 0.6) is 0 Å². The second kappa shape index (κ2) is 8.91. The van der Waals surface area contributed by atoms with Gasteiger partial charge in [0.1, 0.15) is 0 Å². The van der Waals surface area contributed by atoms with Crippen LogP contribution in [0.3, 0.4) is 0 Å². The summed E-state index contributed by atoms with van der Waals surface area (Å²) in [6, 6.07) is 24.1. The van der Waals surface area contributed by atoms with Gasteiger partial charge in [0.2, 0.25) is 6.71 Å². The molecule has 0 saturated heterocycles. The fourth-order valence-electron chi connectivity index (χ4n) is 8.49. The first-order valence-electron chi connectivity index (χ1n) is 16.2. The topological polar surface area (TPSA) is 8.17 Å². The van der Waals surface area contributed by atoms with Gasteiger partial charge in [-0.3, -0.25) is 0 Å². The molecule has 3 unspecified atom stereocenters. The van der Waals surface area contributed by atoms with E-state index in [0.717, 1.165) is 6.42 Å². The van der Waals surface area contributed by atoms with Crippen LogP contribution in [0.1, 0.15) is 90.1 Å². The Morgan fingerprint density at radius 3 is 2.28 bits per heavy atom. The van der Waals surface area contributed by atoms with Gasteiger partial charge >= 0.3 is 0 Å². The molecule has 2 nitrogen and oxygen atoms in total. The number of allylic oxidation sites excluding steroid dienone is 3. The molecule has 3 atom stereocenters. The van der Waals surface area contributed by atoms with E-state index in [2.05, 4.69) is 150 Å². The summed E-state index contributed by atoms with van der Waals surface area (Å²) < 4.78 is 2.66. The van der Waals surface area contributed by atoms with E-state index in [4.69, 9.17) is 0 Å². The van der Waals surface area contributed by atoms with Crippen LogP contribution in [-0.4, -0.2) is 17.3 Å². The van der Waals surface area contributed by atoms with Crippen LogP contribution < -0.4 is 15.8 Å². The summed E-state index contributed by atoms with van der Waals surface area (Å²) in [7, 11) is 0. The molecule has 0 spiro atoms. The fraction of sp³-hybridized carbons (Fsp3) is 0.350. The molecule has 0 amide bonds. The van der Waals surface area contributed by atoms with Gasteiger partial charge in [-0.15, -0.1) is 0 Å². The van der Waals surface area contributed by atoms with E-state index < -0.39 is 0 Å². The van der Waals surface area contributed by atoms with E-state index in [1.54, 1.807) is 0 Å². The van der Waals surface area contributed by atoms with Crippen molar-refractivity contribution in [2.75, 3.05) is 4.90 Å². The summed E-state index contributed by atoms with van der Waals surface area (Å²) in [6.45, 7) is 18.9. The van der Waals surface area contributed by atoms with Crippen molar-refractivity contribution in [1.29, 1.82) is 0 Å². The molecule has 4 aliphatic rings. The Bertz CT molecular complexity index is 1900. The Morgan fingerprint density at radius 2 is 1.56 bits per heavy atom. The van der Waals surface area contributed by atoms with Gasteiger partial charge in [0, 0.05) is 39.5 Å². The van der Waals surface area contributed by atoms with Gasteiger partial charge < -0.3 is 9.47 Å². The number of benzene rings is 3. The lowest BCUT2D eigenvalue weighted by Crippen LogP contribution is -2.61. The molecule has 4 aromatic rings. The number of para-hydroxylation sites is 1. The predicted octanol–water partition coefficient (Wildman–Crippen LogP) is 9.07. The summed E-state index contributed by atoms with van der Waals surface area (Å²) in [5.41, 5.74) is 15.7. The maximum Gasteiger partial charge on any atom is 0.226 e. The summed E-state index contributed by atoms with van der Waals surface area (Å²) in [4.78, 5) is 2.66. The monoisotopic (exact) mass is 562 g/mol. The van der Waals surface area contributed by atoms with Gasteiger partial charge in [0.15, 0.2) is 0 Å². The van der Waals surface area contributed by atoms with E-state index in [1.807, 2.05) is 0 Å². The SMILES string of the molecule is CC1=CC2C3B(c4cc(C(C)(C)C)ccc4N2c2ccc(C(C)(C)C)cc2)c2cccc4c5c(n(c24)C3=C1)C=CCC5C. The Morgan fingerprint density at radius 1 is 0.837 bits per heavy atom. The van der Waals surface area contributed by atoms with Crippen LogP contribution >= 0.6 is 0 Å². The lowest BCUT2D eigenvalue weighted by atomic mass is 9.28. The maximum absolute atomic E-state index is 2.66. The highest BCUT2D eigenvalue weighted by Crippen LogP contribution is 2.52. The summed E-state index contributed by atoms with van der Waals surface area (Å²) in [6.07, 6.45) is 10.9. The molecule has 0 bridgehead atoms. The molecule has 43 heavy (non-hydrogen) atoms. The molecule has 2 aliphatic carbocycles. The van der Waals surface area contributed by atoms with Gasteiger partial charge in [-0.2, -0.15) is 0 Å². The molecular weight excluding hydrogens is 519 g/mol. The molecule has 2 aliphatic heterocycles. The number of anilines is 2. The fourth-order valence-corrected chi connectivity index (χ4v) is 8.49. The molecule has 0 radical (unpaired) electrons. The molecule has 0 saturated carbocycles. The van der Waals surface area contributed by atoms with Crippen LogP contribution in [0.2, 0.25) is 5.82 Å². The molecular formula is C40H43BN2. The van der Waals surface area contributed by atoms with Crippen LogP contribution in [0.15, 0.2) is 84.5 Å². The number of nitrogens with zero attached hydrogens (tertiary/aromatic N) is 2. The first-order valence-corrected chi connectivity index (χ1v) is 16.2. The molecule has 8 rings (SSSR count). The minimum Gasteiger partial charge on any atom is -0.335 e. The van der Waals surface area contributed by atoms with Crippen molar-refractivity contribution in [2.24, 2.45) is 0 Å². The van der Waals surface area contributed by atoms with E-state index in [-0.39, 0.29) is 16.9 Å².